The summed E-state index contributed by atoms with van der Waals surface area (Å²) in [7, 11) is 1.68. The normalized spacial score (nSPS) is 23.4. The number of pyridine rings is 1. The van der Waals surface area contributed by atoms with Crippen LogP contribution in [0.3, 0.4) is 0 Å². The van der Waals surface area contributed by atoms with Crippen LogP contribution in [0.1, 0.15) is 23.2 Å². The van der Waals surface area contributed by atoms with Gasteiger partial charge in [0.15, 0.2) is 0 Å². The van der Waals surface area contributed by atoms with Crippen molar-refractivity contribution in [2.24, 2.45) is 5.73 Å². The molecule has 6 heteroatoms. The molecule has 1 aliphatic heterocycles. The van der Waals surface area contributed by atoms with Crippen LogP contribution in [0.4, 0.5) is 0 Å². The number of nitrogens with two attached hydrogens (primary N) is 1. The lowest BCUT2D eigenvalue weighted by Gasteiger charge is -2.38. The summed E-state index contributed by atoms with van der Waals surface area (Å²) in [6.45, 7) is 1.04. The van der Waals surface area contributed by atoms with Gasteiger partial charge < -0.3 is 20.4 Å². The summed E-state index contributed by atoms with van der Waals surface area (Å²) in [5.74, 6) is -0.0961. The van der Waals surface area contributed by atoms with E-state index in [9.17, 15) is 9.59 Å². The Bertz CT molecular complexity index is 480. The molecule has 1 aliphatic rings. The number of methoxy groups -OCH3 is 1. The minimum Gasteiger partial charge on any atom is -0.381 e. The molecule has 3 N–H and O–H groups in total. The van der Waals surface area contributed by atoms with E-state index >= 15 is 0 Å². The van der Waals surface area contributed by atoms with Crippen LogP contribution < -0.4 is 11.3 Å². The maximum atomic E-state index is 12.4. The second-order valence-corrected chi connectivity index (χ2v) is 4.71. The van der Waals surface area contributed by atoms with Gasteiger partial charge in [0.05, 0.1) is 11.7 Å². The van der Waals surface area contributed by atoms with Crippen LogP contribution >= 0.6 is 0 Å². The highest BCUT2D eigenvalue weighted by Crippen LogP contribution is 2.20. The van der Waals surface area contributed by atoms with Crippen LogP contribution in [0.2, 0.25) is 0 Å². The van der Waals surface area contributed by atoms with Crippen molar-refractivity contribution in [2.45, 2.75) is 25.0 Å². The zero-order chi connectivity index (χ0) is 13.8. The third-order valence-corrected chi connectivity index (χ3v) is 3.57. The van der Waals surface area contributed by atoms with Crippen molar-refractivity contribution in [3.63, 3.8) is 0 Å². The molecule has 104 valence electrons. The number of hydrogen-bond acceptors (Lipinski definition) is 4. The molecule has 1 saturated heterocycles. The van der Waals surface area contributed by atoms with Gasteiger partial charge in [0.2, 0.25) is 5.56 Å². The zero-order valence-corrected chi connectivity index (χ0v) is 11.0. The largest absolute Gasteiger partial charge is 0.381 e. The molecule has 0 aliphatic carbocycles. The number of aromatic nitrogens is 1. The smallest absolute Gasteiger partial charge is 0.255 e. The number of piperidine rings is 1. The Labute approximate surface area is 111 Å². The first-order chi connectivity index (χ1) is 9.15. The molecule has 1 aromatic rings. The first-order valence-corrected chi connectivity index (χ1v) is 6.38. The number of nitrogens with zero attached hydrogens (tertiary/aromatic N) is 1. The number of amides is 1. The SMILES string of the molecule is COC1CCN(C(=O)c2ccc(=O)[nH]c2)C(CN)C1. The zero-order valence-electron chi connectivity index (χ0n) is 11.0. The third-order valence-electron chi connectivity index (χ3n) is 3.57. The molecule has 0 aromatic carbocycles. The van der Waals surface area contributed by atoms with E-state index in [2.05, 4.69) is 4.98 Å². The quantitative estimate of drug-likeness (QED) is 0.802. The predicted molar refractivity (Wildman–Crippen MR) is 71.0 cm³/mol. The van der Waals surface area contributed by atoms with Crippen LogP contribution in [0.5, 0.6) is 0 Å². The summed E-state index contributed by atoms with van der Waals surface area (Å²) in [6.07, 6.45) is 3.17. The Morgan fingerprint density at radius 1 is 1.58 bits per heavy atom. The highest BCUT2D eigenvalue weighted by molar-refractivity contribution is 5.94. The summed E-state index contributed by atoms with van der Waals surface area (Å²) in [5, 5.41) is 0. The molecule has 19 heavy (non-hydrogen) atoms. The summed E-state index contributed by atoms with van der Waals surface area (Å²) >= 11 is 0. The Hall–Kier alpha value is -1.66. The van der Waals surface area contributed by atoms with Gasteiger partial charge in [0.25, 0.3) is 5.91 Å². The number of carbonyl (C=O) groups excluding carboxylic acids is 1. The van der Waals surface area contributed by atoms with Crippen LogP contribution in [-0.2, 0) is 4.74 Å². The second-order valence-electron chi connectivity index (χ2n) is 4.71. The molecule has 2 atom stereocenters. The van der Waals surface area contributed by atoms with E-state index in [4.69, 9.17) is 10.5 Å². The van der Waals surface area contributed by atoms with E-state index in [1.54, 1.807) is 12.0 Å². The Morgan fingerprint density at radius 2 is 2.37 bits per heavy atom. The molecule has 1 aromatic heterocycles. The van der Waals surface area contributed by atoms with Gasteiger partial charge in [-0.15, -0.1) is 0 Å². The van der Waals surface area contributed by atoms with Gasteiger partial charge in [-0.25, -0.2) is 0 Å². The first-order valence-electron chi connectivity index (χ1n) is 6.38. The number of carbonyl (C=O) groups is 1. The maximum Gasteiger partial charge on any atom is 0.255 e. The lowest BCUT2D eigenvalue weighted by Crippen LogP contribution is -2.51. The minimum atomic E-state index is -0.218. The molecule has 0 radical (unpaired) electrons. The fourth-order valence-corrected chi connectivity index (χ4v) is 2.43. The second kappa shape index (κ2) is 5.99. The van der Waals surface area contributed by atoms with Crippen LogP contribution in [-0.4, -0.2) is 48.1 Å². The van der Waals surface area contributed by atoms with Gasteiger partial charge in [-0.2, -0.15) is 0 Å². The average molecular weight is 265 g/mol. The maximum absolute atomic E-state index is 12.4. The lowest BCUT2D eigenvalue weighted by atomic mass is 9.98. The topological polar surface area (TPSA) is 88.4 Å². The summed E-state index contributed by atoms with van der Waals surface area (Å²) in [4.78, 5) is 27.7. The molecule has 6 nitrogen and oxygen atoms in total. The number of ether oxygens (including phenoxy) is 1. The first kappa shape index (κ1) is 13.8. The Kier molecular flexibility index (Phi) is 4.34. The molecule has 2 rings (SSSR count). The summed E-state index contributed by atoms with van der Waals surface area (Å²) in [6, 6.07) is 2.88. The number of likely N-dealkylation sites (tertiary alicyclic amines) is 1. The number of H-pyrrole nitrogens is 1. The van der Waals surface area contributed by atoms with E-state index in [1.807, 2.05) is 0 Å². The Balaban J connectivity index is 2.13. The van der Waals surface area contributed by atoms with Gasteiger partial charge in [-0.3, -0.25) is 9.59 Å². The van der Waals surface area contributed by atoms with Crippen molar-refractivity contribution >= 4 is 5.91 Å². The fourth-order valence-electron chi connectivity index (χ4n) is 2.43. The number of aromatic amines is 1. The summed E-state index contributed by atoms with van der Waals surface area (Å²) < 4.78 is 5.33. The van der Waals surface area contributed by atoms with Crippen molar-refractivity contribution in [3.8, 4) is 0 Å². The molecule has 2 heterocycles. The molecular weight excluding hydrogens is 246 g/mol. The van der Waals surface area contributed by atoms with Crippen LogP contribution in [0.25, 0.3) is 0 Å². The van der Waals surface area contributed by atoms with Crippen molar-refractivity contribution in [1.29, 1.82) is 0 Å². The standard InChI is InChI=1S/C13H19N3O3/c1-19-11-4-5-16(10(6-11)7-14)13(18)9-2-3-12(17)15-8-9/h2-3,8,10-11H,4-7,14H2,1H3,(H,15,17). The predicted octanol–water partition coefficient (Wildman–Crippen LogP) is -0.0468. The summed E-state index contributed by atoms with van der Waals surface area (Å²) in [5.41, 5.74) is 6.01. The highest BCUT2D eigenvalue weighted by Gasteiger charge is 2.31. The number of nitrogens with one attached hydrogen (secondary N) is 1. The van der Waals surface area contributed by atoms with E-state index in [-0.39, 0.29) is 23.6 Å². The lowest BCUT2D eigenvalue weighted by molar-refractivity contribution is 0.0139. The highest BCUT2D eigenvalue weighted by atomic mass is 16.5. The van der Waals surface area contributed by atoms with Crippen molar-refractivity contribution in [2.75, 3.05) is 20.2 Å². The molecule has 1 fully saturated rings. The van der Waals surface area contributed by atoms with Gasteiger partial charge in [0, 0.05) is 38.5 Å². The van der Waals surface area contributed by atoms with Gasteiger partial charge in [-0.05, 0) is 18.9 Å². The Morgan fingerprint density at radius 3 is 2.95 bits per heavy atom. The van der Waals surface area contributed by atoms with Crippen molar-refractivity contribution in [3.05, 3.63) is 34.2 Å². The van der Waals surface area contributed by atoms with E-state index in [0.717, 1.165) is 12.8 Å². The third kappa shape index (κ3) is 3.02. The number of hydrogen-bond donors (Lipinski definition) is 2. The monoisotopic (exact) mass is 265 g/mol. The molecule has 2 unspecified atom stereocenters. The average Bonchev–Trinajstić information content (AvgIpc) is 2.46. The minimum absolute atomic E-state index is 0.0156. The molecule has 0 spiro atoms. The number of rotatable bonds is 3. The van der Waals surface area contributed by atoms with E-state index in [0.29, 0.717) is 18.7 Å². The van der Waals surface area contributed by atoms with Gasteiger partial charge in [-0.1, -0.05) is 0 Å². The molecule has 0 bridgehead atoms. The molecule has 0 saturated carbocycles. The van der Waals surface area contributed by atoms with Crippen molar-refractivity contribution < 1.29 is 9.53 Å². The van der Waals surface area contributed by atoms with E-state index in [1.165, 1.54) is 18.3 Å². The van der Waals surface area contributed by atoms with Gasteiger partial charge >= 0.3 is 0 Å². The van der Waals surface area contributed by atoms with E-state index < -0.39 is 0 Å². The fraction of sp³-hybridized carbons (Fsp3) is 0.538. The molecular formula is C13H19N3O3. The van der Waals surface area contributed by atoms with Crippen LogP contribution in [0.15, 0.2) is 23.1 Å². The van der Waals surface area contributed by atoms with Gasteiger partial charge in [0.1, 0.15) is 0 Å². The molecule has 1 amide bonds. The van der Waals surface area contributed by atoms with Crippen molar-refractivity contribution in [1.82, 2.24) is 9.88 Å². The van der Waals surface area contributed by atoms with Crippen LogP contribution in [0, 0.1) is 0 Å².